The van der Waals surface area contributed by atoms with Crippen LogP contribution in [0.1, 0.15) is 22.8 Å². The quantitative estimate of drug-likeness (QED) is 0.421. The molecule has 2 heterocycles. The normalized spacial score (nSPS) is 11.1. The first kappa shape index (κ1) is 17.0. The lowest BCUT2D eigenvalue weighted by Gasteiger charge is -2.05. The Kier molecular flexibility index (Phi) is 4.42. The first-order valence-corrected chi connectivity index (χ1v) is 8.73. The smallest absolute Gasteiger partial charge is 0.328 e. The molecule has 0 aliphatic rings. The Balaban J connectivity index is 1.44. The maximum Gasteiger partial charge on any atom is 0.328 e. The highest BCUT2D eigenvalue weighted by Crippen LogP contribution is 2.22. The van der Waals surface area contributed by atoms with Gasteiger partial charge in [0.25, 0.3) is 0 Å². The van der Waals surface area contributed by atoms with Gasteiger partial charge < -0.3 is 9.72 Å². The zero-order valence-corrected chi connectivity index (χ0v) is 14.8. The number of nitrogens with one attached hydrogen (secondary N) is 1. The third-order valence-electron chi connectivity index (χ3n) is 4.55. The van der Waals surface area contributed by atoms with Crippen LogP contribution in [-0.4, -0.2) is 38.3 Å². The molecule has 0 unspecified atom stereocenters. The van der Waals surface area contributed by atoms with E-state index in [2.05, 4.69) is 22.2 Å². The average Bonchev–Trinajstić information content (AvgIpc) is 3.30. The van der Waals surface area contributed by atoms with Crippen LogP contribution >= 0.6 is 0 Å². The lowest BCUT2D eigenvalue weighted by atomic mass is 10.1. The zero-order chi connectivity index (χ0) is 18.8. The maximum absolute atomic E-state index is 12.5. The Bertz CT molecular complexity index is 1140. The summed E-state index contributed by atoms with van der Waals surface area (Å²) in [5, 5.41) is 8.79. The van der Waals surface area contributed by atoms with Crippen LogP contribution in [0, 0.1) is 0 Å². The monoisotopic (exact) mass is 362 g/mol. The number of benzene rings is 2. The summed E-state index contributed by atoms with van der Waals surface area (Å²) in [5.74, 6) is -0.778. The number of hydrogen-bond acceptors (Lipinski definition) is 5. The van der Waals surface area contributed by atoms with E-state index in [1.54, 1.807) is 6.20 Å². The molecule has 27 heavy (non-hydrogen) atoms. The molecule has 0 bridgehead atoms. The number of rotatable bonds is 6. The molecule has 2 aromatic heterocycles. The number of carbonyl (C=O) groups excluding carboxylic acids is 2. The highest BCUT2D eigenvalue weighted by Gasteiger charge is 2.16. The second-order valence-electron chi connectivity index (χ2n) is 6.22. The first-order valence-electron chi connectivity index (χ1n) is 8.73. The lowest BCUT2D eigenvalue weighted by molar-refractivity contribution is -0.143. The minimum absolute atomic E-state index is 0.0956. The Morgan fingerprint density at radius 2 is 2.00 bits per heavy atom. The molecule has 0 aliphatic heterocycles. The number of ketones is 1. The molecule has 0 radical (unpaired) electrons. The van der Waals surface area contributed by atoms with Gasteiger partial charge in [-0.2, -0.15) is 0 Å². The van der Waals surface area contributed by atoms with E-state index in [1.165, 1.54) is 4.68 Å². The number of fused-ring (bicyclic) bond motifs is 2. The van der Waals surface area contributed by atoms with Gasteiger partial charge >= 0.3 is 5.97 Å². The van der Waals surface area contributed by atoms with E-state index in [1.807, 2.05) is 42.5 Å². The first-order chi connectivity index (χ1) is 13.2. The topological polar surface area (TPSA) is 89.9 Å². The van der Waals surface area contributed by atoms with Crippen molar-refractivity contribution in [2.45, 2.75) is 19.9 Å². The molecular formula is C20H18N4O3. The number of carbonyl (C=O) groups is 2. The lowest BCUT2D eigenvalue weighted by Crippen LogP contribution is -2.19. The molecule has 7 nitrogen and oxygen atoms in total. The summed E-state index contributed by atoms with van der Waals surface area (Å²) < 4.78 is 6.62. The van der Waals surface area contributed by atoms with Crippen LogP contribution < -0.4 is 0 Å². The molecule has 136 valence electrons. The van der Waals surface area contributed by atoms with Crippen molar-refractivity contribution in [3.05, 3.63) is 59.8 Å². The number of aryl methyl sites for hydroxylation is 1. The second kappa shape index (κ2) is 7.03. The van der Waals surface area contributed by atoms with E-state index in [9.17, 15) is 9.59 Å². The van der Waals surface area contributed by atoms with Gasteiger partial charge in [0.2, 0.25) is 5.78 Å². The van der Waals surface area contributed by atoms with Crippen LogP contribution in [-0.2, 0) is 22.5 Å². The molecule has 0 atom stereocenters. The van der Waals surface area contributed by atoms with Gasteiger partial charge in [-0.3, -0.25) is 9.59 Å². The molecule has 0 amide bonds. The van der Waals surface area contributed by atoms with Gasteiger partial charge in [-0.15, -0.1) is 5.10 Å². The van der Waals surface area contributed by atoms with Crippen LogP contribution in [0.25, 0.3) is 21.9 Å². The molecule has 0 aliphatic carbocycles. The average molecular weight is 362 g/mol. The summed E-state index contributed by atoms with van der Waals surface area (Å²) in [6.45, 7) is 1.66. The summed E-state index contributed by atoms with van der Waals surface area (Å²) in [6.07, 6.45) is 2.54. The number of aromatic nitrogens is 4. The summed E-state index contributed by atoms with van der Waals surface area (Å²) in [5.41, 5.74) is 4.06. The van der Waals surface area contributed by atoms with Crippen LogP contribution in [0.4, 0.5) is 0 Å². The van der Waals surface area contributed by atoms with Crippen LogP contribution in [0.2, 0.25) is 0 Å². The fourth-order valence-corrected chi connectivity index (χ4v) is 3.17. The number of ether oxygens (including phenoxy) is 1. The molecule has 4 aromatic rings. The summed E-state index contributed by atoms with van der Waals surface area (Å²) in [6, 6.07) is 13.2. The third kappa shape index (κ3) is 3.19. The summed E-state index contributed by atoms with van der Waals surface area (Å²) in [4.78, 5) is 27.8. The van der Waals surface area contributed by atoms with Gasteiger partial charge in [0, 0.05) is 22.7 Å². The largest absolute Gasteiger partial charge is 0.456 e. The molecule has 4 rings (SSSR count). The van der Waals surface area contributed by atoms with Gasteiger partial charge in [-0.05, 0) is 24.1 Å². The number of hydrogen-bond donors (Lipinski definition) is 1. The van der Waals surface area contributed by atoms with Gasteiger partial charge in [0.05, 0.1) is 5.52 Å². The van der Waals surface area contributed by atoms with E-state index in [0.717, 1.165) is 28.4 Å². The Hall–Kier alpha value is -3.48. The fraction of sp³-hybridized carbons (Fsp3) is 0.200. The minimum atomic E-state index is -0.534. The van der Waals surface area contributed by atoms with Crippen molar-refractivity contribution in [1.29, 1.82) is 0 Å². The van der Waals surface area contributed by atoms with Crippen molar-refractivity contribution in [1.82, 2.24) is 20.0 Å². The van der Waals surface area contributed by atoms with Crippen molar-refractivity contribution in [3.8, 4) is 0 Å². The fourth-order valence-electron chi connectivity index (χ4n) is 3.17. The number of esters is 1. The number of aromatic amines is 1. The number of Topliss-reactive ketones (excluding diaryl/α,β-unsaturated/α-hetero) is 1. The Morgan fingerprint density at radius 1 is 1.15 bits per heavy atom. The van der Waals surface area contributed by atoms with Gasteiger partial charge in [-0.1, -0.05) is 42.5 Å². The van der Waals surface area contributed by atoms with E-state index < -0.39 is 5.97 Å². The number of H-pyrrole nitrogens is 1. The Labute approximate surface area is 154 Å². The predicted molar refractivity (Wildman–Crippen MR) is 100 cm³/mol. The van der Waals surface area contributed by atoms with E-state index >= 15 is 0 Å². The van der Waals surface area contributed by atoms with Crippen LogP contribution in [0.3, 0.4) is 0 Å². The molecule has 0 fully saturated rings. The molecule has 0 spiro atoms. The van der Waals surface area contributed by atoms with Gasteiger partial charge in [0.1, 0.15) is 12.1 Å². The van der Waals surface area contributed by atoms with Crippen molar-refractivity contribution in [2.24, 2.45) is 0 Å². The molecular weight excluding hydrogens is 344 g/mol. The van der Waals surface area contributed by atoms with Crippen molar-refractivity contribution in [2.75, 3.05) is 6.61 Å². The third-order valence-corrected chi connectivity index (χ3v) is 4.55. The predicted octanol–water partition coefficient (Wildman–Crippen LogP) is 2.90. The van der Waals surface area contributed by atoms with E-state index in [0.29, 0.717) is 11.1 Å². The molecule has 2 aromatic carbocycles. The van der Waals surface area contributed by atoms with E-state index in [-0.39, 0.29) is 18.9 Å². The van der Waals surface area contributed by atoms with Crippen LogP contribution in [0.15, 0.2) is 48.7 Å². The molecule has 7 heteroatoms. The molecule has 0 saturated carbocycles. The SMILES string of the molecule is CCc1cccc2c(C(=O)COC(=O)Cn3nnc4ccccc43)c[nH]c12. The number of nitrogens with zero attached hydrogens (tertiary/aromatic N) is 3. The van der Waals surface area contributed by atoms with E-state index in [4.69, 9.17) is 4.74 Å². The van der Waals surface area contributed by atoms with Crippen molar-refractivity contribution in [3.63, 3.8) is 0 Å². The van der Waals surface area contributed by atoms with Gasteiger partial charge in [-0.25, -0.2) is 4.68 Å². The van der Waals surface area contributed by atoms with Crippen molar-refractivity contribution >= 4 is 33.7 Å². The standard InChI is InChI=1S/C20H18N4O3/c1-2-13-6-5-7-14-15(10-21-20(13)14)18(25)12-27-19(26)11-24-17-9-4-3-8-16(17)22-23-24/h3-10,21H,2,11-12H2,1H3. The molecule has 0 saturated heterocycles. The van der Waals surface area contributed by atoms with Crippen LogP contribution in [0.5, 0.6) is 0 Å². The van der Waals surface area contributed by atoms with Gasteiger partial charge in [0.15, 0.2) is 6.61 Å². The molecule has 1 N–H and O–H groups in total. The zero-order valence-electron chi connectivity index (χ0n) is 14.8. The summed E-state index contributed by atoms with van der Waals surface area (Å²) >= 11 is 0. The highest BCUT2D eigenvalue weighted by molar-refractivity contribution is 6.09. The number of para-hydroxylation sites is 2. The van der Waals surface area contributed by atoms with Crippen molar-refractivity contribution < 1.29 is 14.3 Å². The maximum atomic E-state index is 12.5. The minimum Gasteiger partial charge on any atom is -0.456 e. The summed E-state index contributed by atoms with van der Waals surface area (Å²) in [7, 11) is 0. The Morgan fingerprint density at radius 3 is 2.85 bits per heavy atom. The second-order valence-corrected chi connectivity index (χ2v) is 6.22. The highest BCUT2D eigenvalue weighted by atomic mass is 16.5.